The van der Waals surface area contributed by atoms with Crippen LogP contribution < -0.4 is 15.0 Å². The molecule has 0 spiro atoms. The Morgan fingerprint density at radius 3 is 2.15 bits per heavy atom. The molecular formula is C21H16N2O3. The van der Waals surface area contributed by atoms with Gasteiger partial charge in [0.2, 0.25) is 0 Å². The number of ether oxygens (including phenoxy) is 2. The lowest BCUT2D eigenvalue weighted by Gasteiger charge is -2.11. The number of aromatic nitrogens is 2. The predicted molar refractivity (Wildman–Crippen MR) is 105 cm³/mol. The van der Waals surface area contributed by atoms with Crippen molar-refractivity contribution in [2.75, 3.05) is 14.2 Å². The predicted octanol–water partition coefficient (Wildman–Crippen LogP) is 4.33. The molecular weight excluding hydrogens is 328 g/mol. The van der Waals surface area contributed by atoms with Gasteiger partial charge in [-0.15, -0.1) is 0 Å². The zero-order valence-corrected chi connectivity index (χ0v) is 14.3. The van der Waals surface area contributed by atoms with Crippen LogP contribution >= 0.6 is 0 Å². The third kappa shape index (κ3) is 1.94. The van der Waals surface area contributed by atoms with Crippen molar-refractivity contribution in [2.45, 2.75) is 0 Å². The maximum Gasteiger partial charge on any atom is 0.256 e. The summed E-state index contributed by atoms with van der Waals surface area (Å²) >= 11 is 0. The second-order valence-electron chi connectivity index (χ2n) is 6.32. The molecule has 0 bridgehead atoms. The fraction of sp³-hybridized carbons (Fsp3) is 0.0952. The molecule has 0 aliphatic rings. The van der Waals surface area contributed by atoms with E-state index < -0.39 is 0 Å². The molecule has 0 amide bonds. The van der Waals surface area contributed by atoms with Crippen molar-refractivity contribution in [3.05, 3.63) is 58.9 Å². The summed E-state index contributed by atoms with van der Waals surface area (Å²) in [5.74, 6) is 1.21. The minimum Gasteiger partial charge on any atom is -0.493 e. The van der Waals surface area contributed by atoms with E-state index in [2.05, 4.69) is 16.0 Å². The van der Waals surface area contributed by atoms with E-state index in [0.717, 1.165) is 38.1 Å². The molecule has 5 heteroatoms. The van der Waals surface area contributed by atoms with Crippen molar-refractivity contribution >= 4 is 43.5 Å². The topological polar surface area (TPSA) is 67.1 Å². The molecule has 0 aliphatic heterocycles. The van der Waals surface area contributed by atoms with Crippen LogP contribution in [0.4, 0.5) is 0 Å². The third-order valence-corrected chi connectivity index (χ3v) is 4.95. The van der Waals surface area contributed by atoms with E-state index in [1.54, 1.807) is 20.3 Å². The Labute approximate surface area is 148 Å². The van der Waals surface area contributed by atoms with E-state index in [9.17, 15) is 4.79 Å². The van der Waals surface area contributed by atoms with E-state index in [0.29, 0.717) is 16.9 Å². The lowest BCUT2D eigenvalue weighted by molar-refractivity contribution is 0.356. The molecule has 0 saturated heterocycles. The molecule has 0 unspecified atom stereocenters. The number of rotatable bonds is 2. The van der Waals surface area contributed by atoms with Crippen LogP contribution in [0.5, 0.6) is 11.5 Å². The van der Waals surface area contributed by atoms with Crippen molar-refractivity contribution in [1.29, 1.82) is 0 Å². The summed E-state index contributed by atoms with van der Waals surface area (Å²) < 4.78 is 10.8. The Bertz CT molecular complexity index is 1380. The van der Waals surface area contributed by atoms with E-state index in [-0.39, 0.29) is 5.56 Å². The van der Waals surface area contributed by atoms with Crippen LogP contribution in [0.3, 0.4) is 0 Å². The minimum atomic E-state index is -0.119. The van der Waals surface area contributed by atoms with E-state index in [4.69, 9.17) is 9.47 Å². The van der Waals surface area contributed by atoms with Gasteiger partial charge in [-0.3, -0.25) is 4.79 Å². The number of para-hydroxylation sites is 1. The molecule has 26 heavy (non-hydrogen) atoms. The second-order valence-corrected chi connectivity index (χ2v) is 6.32. The molecule has 0 saturated carbocycles. The molecule has 2 heterocycles. The van der Waals surface area contributed by atoms with E-state index in [1.165, 1.54) is 0 Å². The van der Waals surface area contributed by atoms with Gasteiger partial charge in [-0.05, 0) is 29.7 Å². The third-order valence-electron chi connectivity index (χ3n) is 4.95. The van der Waals surface area contributed by atoms with Crippen molar-refractivity contribution in [1.82, 2.24) is 9.97 Å². The summed E-state index contributed by atoms with van der Waals surface area (Å²) in [5.41, 5.74) is 2.65. The van der Waals surface area contributed by atoms with Gasteiger partial charge < -0.3 is 19.4 Å². The van der Waals surface area contributed by atoms with Crippen LogP contribution in [-0.2, 0) is 0 Å². The summed E-state index contributed by atoms with van der Waals surface area (Å²) in [7, 11) is 3.18. The first-order chi connectivity index (χ1) is 12.7. The Kier molecular flexibility index (Phi) is 3.00. The number of aromatic amines is 2. The van der Waals surface area contributed by atoms with E-state index in [1.807, 2.05) is 36.4 Å². The number of fused-ring (bicyclic) bond motifs is 6. The molecule has 0 aliphatic carbocycles. The van der Waals surface area contributed by atoms with Crippen LogP contribution in [0.15, 0.2) is 53.3 Å². The normalized spacial score (nSPS) is 11.6. The molecule has 0 radical (unpaired) electrons. The highest BCUT2D eigenvalue weighted by atomic mass is 16.5. The van der Waals surface area contributed by atoms with Crippen LogP contribution in [0.2, 0.25) is 0 Å². The van der Waals surface area contributed by atoms with Gasteiger partial charge >= 0.3 is 0 Å². The summed E-state index contributed by atoms with van der Waals surface area (Å²) in [6, 6.07) is 15.8. The maximum absolute atomic E-state index is 12.7. The zero-order valence-electron chi connectivity index (χ0n) is 14.3. The average molecular weight is 344 g/mol. The van der Waals surface area contributed by atoms with Gasteiger partial charge in [0.25, 0.3) is 5.56 Å². The Balaban J connectivity index is 1.98. The van der Waals surface area contributed by atoms with Crippen LogP contribution in [0.25, 0.3) is 43.5 Å². The number of hydrogen-bond acceptors (Lipinski definition) is 3. The number of methoxy groups -OCH3 is 2. The highest BCUT2D eigenvalue weighted by Gasteiger charge is 2.13. The highest BCUT2D eigenvalue weighted by molar-refractivity contribution is 6.16. The monoisotopic (exact) mass is 344 g/mol. The van der Waals surface area contributed by atoms with Crippen molar-refractivity contribution in [3.8, 4) is 11.5 Å². The standard InChI is InChI=1S/C21H16N2O3/c1-25-19-9-14-12-8-17-13(11-5-3-4-6-16(11)22-17)7-15(12)21(24)23-18(14)10-20(19)26-2/h3-10,22H,1-2H3,(H,23,24). The molecule has 0 atom stereocenters. The van der Waals surface area contributed by atoms with Crippen LogP contribution in [-0.4, -0.2) is 24.2 Å². The van der Waals surface area contributed by atoms with Gasteiger partial charge in [0.05, 0.1) is 19.7 Å². The van der Waals surface area contributed by atoms with Crippen LogP contribution in [0.1, 0.15) is 0 Å². The fourth-order valence-electron chi connectivity index (χ4n) is 3.70. The molecule has 5 rings (SSSR count). The van der Waals surface area contributed by atoms with Crippen molar-refractivity contribution in [3.63, 3.8) is 0 Å². The lowest BCUT2D eigenvalue weighted by Crippen LogP contribution is -2.06. The summed E-state index contributed by atoms with van der Waals surface area (Å²) in [6.45, 7) is 0. The molecule has 5 aromatic rings. The van der Waals surface area contributed by atoms with Gasteiger partial charge in [0.1, 0.15) is 0 Å². The number of H-pyrrole nitrogens is 2. The highest BCUT2D eigenvalue weighted by Crippen LogP contribution is 2.36. The summed E-state index contributed by atoms with van der Waals surface area (Å²) in [6.07, 6.45) is 0. The lowest BCUT2D eigenvalue weighted by atomic mass is 10.0. The van der Waals surface area contributed by atoms with Gasteiger partial charge in [0, 0.05) is 38.6 Å². The number of nitrogens with one attached hydrogen (secondary N) is 2. The Morgan fingerprint density at radius 2 is 1.35 bits per heavy atom. The average Bonchev–Trinajstić information content (AvgIpc) is 3.03. The second kappa shape index (κ2) is 5.26. The first kappa shape index (κ1) is 14.8. The number of pyridine rings is 1. The Hall–Kier alpha value is -3.47. The minimum absolute atomic E-state index is 0.119. The smallest absolute Gasteiger partial charge is 0.256 e. The van der Waals surface area contributed by atoms with Crippen LogP contribution in [0, 0.1) is 0 Å². The first-order valence-electron chi connectivity index (χ1n) is 8.32. The maximum atomic E-state index is 12.7. The molecule has 3 aromatic carbocycles. The van der Waals surface area contributed by atoms with Gasteiger partial charge in [-0.25, -0.2) is 0 Å². The molecule has 2 aromatic heterocycles. The van der Waals surface area contributed by atoms with Crippen molar-refractivity contribution < 1.29 is 9.47 Å². The largest absolute Gasteiger partial charge is 0.493 e. The quantitative estimate of drug-likeness (QED) is 0.468. The Morgan fingerprint density at radius 1 is 0.654 bits per heavy atom. The summed E-state index contributed by atoms with van der Waals surface area (Å²) in [4.78, 5) is 19.1. The van der Waals surface area contributed by atoms with Gasteiger partial charge in [0.15, 0.2) is 11.5 Å². The molecule has 5 nitrogen and oxygen atoms in total. The molecule has 0 fully saturated rings. The fourth-order valence-corrected chi connectivity index (χ4v) is 3.70. The van der Waals surface area contributed by atoms with Gasteiger partial charge in [-0.1, -0.05) is 18.2 Å². The zero-order chi connectivity index (χ0) is 17.8. The number of benzene rings is 3. The molecule has 128 valence electrons. The van der Waals surface area contributed by atoms with Gasteiger partial charge in [-0.2, -0.15) is 0 Å². The molecule has 2 N–H and O–H groups in total. The summed E-state index contributed by atoms with van der Waals surface area (Å²) in [5, 5.41) is 4.60. The van der Waals surface area contributed by atoms with E-state index >= 15 is 0 Å². The SMILES string of the molecule is COc1cc2[nH]c(=O)c3cc4c(cc3c2cc1OC)[nH]c1ccccc14. The van der Waals surface area contributed by atoms with Crippen molar-refractivity contribution in [2.24, 2.45) is 0 Å². The first-order valence-corrected chi connectivity index (χ1v) is 8.32. The number of hydrogen-bond donors (Lipinski definition) is 2.